The summed E-state index contributed by atoms with van der Waals surface area (Å²) < 4.78 is 43.9. The molecule has 1 fully saturated rings. The van der Waals surface area contributed by atoms with Crippen molar-refractivity contribution in [2.45, 2.75) is 18.4 Å². The molecule has 0 unspecified atom stereocenters. The van der Waals surface area contributed by atoms with Gasteiger partial charge in [0.25, 0.3) is 5.95 Å². The van der Waals surface area contributed by atoms with Gasteiger partial charge in [0.15, 0.2) is 17.5 Å². The monoisotopic (exact) mass is 262 g/mol. The number of ether oxygens (including phenoxy) is 1. The van der Waals surface area contributed by atoms with Crippen LogP contribution in [-0.2, 0) is 4.74 Å². The molecule has 0 bridgehead atoms. The van der Waals surface area contributed by atoms with Crippen LogP contribution in [-0.4, -0.2) is 35.5 Å². The lowest BCUT2D eigenvalue weighted by atomic mass is 9.94. The van der Waals surface area contributed by atoms with E-state index < -0.39 is 29.0 Å². The number of aliphatic hydroxyl groups is 1. The third kappa shape index (κ3) is 2.91. The molecule has 1 aliphatic heterocycles. The standard InChI is InChI=1S/C11H13F3N2O2/c12-7-5-8(13)10(16-9(7)14)15-6-11(17)1-3-18-4-2-11/h5,17H,1-4,6H2,(H,15,16). The highest BCUT2D eigenvalue weighted by molar-refractivity contribution is 5.36. The SMILES string of the molecule is OC1(CNc2nc(F)c(F)cc2F)CCOCC1. The predicted molar refractivity (Wildman–Crippen MR) is 57.6 cm³/mol. The van der Waals surface area contributed by atoms with Crippen molar-refractivity contribution in [1.82, 2.24) is 4.98 Å². The molecule has 1 aliphatic rings. The van der Waals surface area contributed by atoms with Gasteiger partial charge in [-0.15, -0.1) is 0 Å². The molecule has 2 N–H and O–H groups in total. The largest absolute Gasteiger partial charge is 0.388 e. The number of nitrogens with zero attached hydrogens (tertiary/aromatic N) is 1. The molecule has 18 heavy (non-hydrogen) atoms. The Hall–Kier alpha value is -1.34. The molecule has 0 saturated carbocycles. The molecule has 2 heterocycles. The van der Waals surface area contributed by atoms with E-state index in [0.29, 0.717) is 32.1 Å². The Morgan fingerprint density at radius 3 is 2.61 bits per heavy atom. The van der Waals surface area contributed by atoms with Crippen molar-refractivity contribution in [3.63, 3.8) is 0 Å². The quantitative estimate of drug-likeness (QED) is 0.810. The summed E-state index contributed by atoms with van der Waals surface area (Å²) in [4.78, 5) is 3.12. The van der Waals surface area contributed by atoms with Crippen molar-refractivity contribution in [2.75, 3.05) is 25.1 Å². The molecule has 4 nitrogen and oxygen atoms in total. The van der Waals surface area contributed by atoms with Crippen LogP contribution in [0.4, 0.5) is 19.0 Å². The van der Waals surface area contributed by atoms with Gasteiger partial charge >= 0.3 is 0 Å². The number of aromatic nitrogens is 1. The lowest BCUT2D eigenvalue weighted by molar-refractivity contribution is -0.0544. The van der Waals surface area contributed by atoms with Crippen LogP contribution < -0.4 is 5.32 Å². The van der Waals surface area contributed by atoms with E-state index in [9.17, 15) is 18.3 Å². The van der Waals surface area contributed by atoms with E-state index >= 15 is 0 Å². The van der Waals surface area contributed by atoms with Crippen LogP contribution in [0.15, 0.2) is 6.07 Å². The first-order valence-electron chi connectivity index (χ1n) is 5.56. The average molecular weight is 262 g/mol. The molecule has 1 aromatic rings. The topological polar surface area (TPSA) is 54.4 Å². The second kappa shape index (κ2) is 5.11. The fourth-order valence-corrected chi connectivity index (χ4v) is 1.74. The minimum Gasteiger partial charge on any atom is -0.388 e. The Bertz CT molecular complexity index is 437. The van der Waals surface area contributed by atoms with Crippen LogP contribution in [0.3, 0.4) is 0 Å². The third-order valence-electron chi connectivity index (χ3n) is 2.90. The summed E-state index contributed by atoms with van der Waals surface area (Å²) >= 11 is 0. The second-order valence-corrected chi connectivity index (χ2v) is 4.28. The van der Waals surface area contributed by atoms with Crippen molar-refractivity contribution >= 4 is 5.82 Å². The fourth-order valence-electron chi connectivity index (χ4n) is 1.74. The molecule has 0 spiro atoms. The molecular formula is C11H13F3N2O2. The van der Waals surface area contributed by atoms with Gasteiger partial charge in [0.2, 0.25) is 0 Å². The Kier molecular flexibility index (Phi) is 3.72. The molecule has 0 aliphatic carbocycles. The molecule has 7 heteroatoms. The normalized spacial score (nSPS) is 18.7. The lowest BCUT2D eigenvalue weighted by Crippen LogP contribution is -2.42. The molecule has 2 rings (SSSR count). The van der Waals surface area contributed by atoms with Crippen LogP contribution in [0, 0.1) is 17.6 Å². The number of pyridine rings is 1. The first-order chi connectivity index (χ1) is 8.50. The Balaban J connectivity index is 2.03. The zero-order chi connectivity index (χ0) is 13.2. The van der Waals surface area contributed by atoms with Crippen molar-refractivity contribution in [2.24, 2.45) is 0 Å². The first kappa shape index (κ1) is 13.1. The Labute approximate surface area is 102 Å². The maximum Gasteiger partial charge on any atom is 0.251 e. The van der Waals surface area contributed by atoms with Crippen LogP contribution >= 0.6 is 0 Å². The van der Waals surface area contributed by atoms with Gasteiger partial charge in [0.1, 0.15) is 0 Å². The van der Waals surface area contributed by atoms with Gasteiger partial charge < -0.3 is 15.2 Å². The summed E-state index contributed by atoms with van der Waals surface area (Å²) in [6.45, 7) is 0.823. The van der Waals surface area contributed by atoms with Crippen LogP contribution in [0.1, 0.15) is 12.8 Å². The molecule has 0 aromatic carbocycles. The van der Waals surface area contributed by atoms with Gasteiger partial charge in [-0.1, -0.05) is 0 Å². The molecule has 100 valence electrons. The zero-order valence-corrected chi connectivity index (χ0v) is 9.55. The predicted octanol–water partition coefficient (Wildman–Crippen LogP) is 1.45. The summed E-state index contributed by atoms with van der Waals surface area (Å²) in [5, 5.41) is 12.6. The number of halogens is 3. The average Bonchev–Trinajstić information content (AvgIpc) is 2.33. The molecule has 1 saturated heterocycles. The van der Waals surface area contributed by atoms with E-state index in [2.05, 4.69) is 10.3 Å². The van der Waals surface area contributed by atoms with Crippen LogP contribution in [0.2, 0.25) is 0 Å². The number of hydrogen-bond acceptors (Lipinski definition) is 4. The number of hydrogen-bond donors (Lipinski definition) is 2. The minimum atomic E-state index is -1.38. The van der Waals surface area contributed by atoms with Gasteiger partial charge in [-0.2, -0.15) is 9.37 Å². The van der Waals surface area contributed by atoms with E-state index in [1.165, 1.54) is 0 Å². The minimum absolute atomic E-state index is 0.00531. The molecule has 1 aromatic heterocycles. The number of anilines is 1. The summed E-state index contributed by atoms with van der Waals surface area (Å²) in [6.07, 6.45) is 0.788. The summed E-state index contributed by atoms with van der Waals surface area (Å²) in [5.74, 6) is -4.13. The summed E-state index contributed by atoms with van der Waals surface area (Å²) in [7, 11) is 0. The van der Waals surface area contributed by atoms with Crippen molar-refractivity contribution in [3.05, 3.63) is 23.6 Å². The third-order valence-corrected chi connectivity index (χ3v) is 2.90. The van der Waals surface area contributed by atoms with E-state index in [4.69, 9.17) is 4.74 Å². The molecular weight excluding hydrogens is 249 g/mol. The highest BCUT2D eigenvalue weighted by Crippen LogP contribution is 2.22. The van der Waals surface area contributed by atoms with Crippen molar-refractivity contribution in [3.8, 4) is 0 Å². The van der Waals surface area contributed by atoms with E-state index in [-0.39, 0.29) is 6.54 Å². The van der Waals surface area contributed by atoms with Crippen LogP contribution in [0.5, 0.6) is 0 Å². The van der Waals surface area contributed by atoms with Crippen molar-refractivity contribution < 1.29 is 23.0 Å². The summed E-state index contributed by atoms with van der Waals surface area (Å²) in [6, 6.07) is 0.415. The van der Waals surface area contributed by atoms with E-state index in [0.717, 1.165) is 0 Å². The number of nitrogens with one attached hydrogen (secondary N) is 1. The molecule has 0 amide bonds. The molecule has 0 radical (unpaired) electrons. The lowest BCUT2D eigenvalue weighted by Gasteiger charge is -2.32. The fraction of sp³-hybridized carbons (Fsp3) is 0.545. The van der Waals surface area contributed by atoms with Gasteiger partial charge in [-0.05, 0) is 0 Å². The van der Waals surface area contributed by atoms with Crippen molar-refractivity contribution in [1.29, 1.82) is 0 Å². The Morgan fingerprint density at radius 2 is 1.94 bits per heavy atom. The highest BCUT2D eigenvalue weighted by atomic mass is 19.2. The van der Waals surface area contributed by atoms with Gasteiger partial charge in [-0.3, -0.25) is 0 Å². The Morgan fingerprint density at radius 1 is 1.28 bits per heavy atom. The number of rotatable bonds is 3. The van der Waals surface area contributed by atoms with Gasteiger partial charge in [0, 0.05) is 38.7 Å². The zero-order valence-electron chi connectivity index (χ0n) is 9.55. The maximum absolute atomic E-state index is 13.3. The maximum atomic E-state index is 13.3. The second-order valence-electron chi connectivity index (χ2n) is 4.28. The van der Waals surface area contributed by atoms with Gasteiger partial charge in [-0.25, -0.2) is 8.78 Å². The first-order valence-corrected chi connectivity index (χ1v) is 5.56. The summed E-state index contributed by atoms with van der Waals surface area (Å²) in [5.41, 5.74) is -1.04. The van der Waals surface area contributed by atoms with E-state index in [1.807, 2.05) is 0 Å². The van der Waals surface area contributed by atoms with Crippen LogP contribution in [0.25, 0.3) is 0 Å². The smallest absolute Gasteiger partial charge is 0.251 e. The highest BCUT2D eigenvalue weighted by Gasteiger charge is 2.30. The van der Waals surface area contributed by atoms with Gasteiger partial charge in [0.05, 0.1) is 5.60 Å². The van der Waals surface area contributed by atoms with E-state index in [1.54, 1.807) is 0 Å². The molecule has 0 atom stereocenters.